The fraction of sp³-hybridized carbons (Fsp3) is 0.364. The third kappa shape index (κ3) is 4.48. The number of amides is 2. The summed E-state index contributed by atoms with van der Waals surface area (Å²) >= 11 is 0. The van der Waals surface area contributed by atoms with Crippen LogP contribution in [0.1, 0.15) is 41.5 Å². The van der Waals surface area contributed by atoms with Crippen molar-refractivity contribution in [3.63, 3.8) is 0 Å². The van der Waals surface area contributed by atoms with E-state index in [-0.39, 0.29) is 39.7 Å². The Morgan fingerprint density at radius 1 is 1.03 bits per heavy atom. The van der Waals surface area contributed by atoms with Gasteiger partial charge in [-0.2, -0.15) is 0 Å². The highest BCUT2D eigenvalue weighted by atomic mass is 32.2. The van der Waals surface area contributed by atoms with E-state index < -0.39 is 27.9 Å². The van der Waals surface area contributed by atoms with Crippen molar-refractivity contribution in [2.45, 2.75) is 36.9 Å². The van der Waals surface area contributed by atoms with Gasteiger partial charge in [-0.25, -0.2) is 8.42 Å². The molecule has 2 aromatic carbocycles. The standard InChI is InChI=1S/C22H26N2O6S/c1-4-24-17-13-15(21(25)23-14-20(29-5-2)30-6-3)11-12-19(17)31(27,28)18-10-8-7-9-16(18)22(24)26/h7-13,20H,4-6,14H2,1-3H3,(H,23,25). The molecule has 2 aromatic rings. The maximum Gasteiger partial charge on any atom is 0.259 e. The third-order valence-corrected chi connectivity index (χ3v) is 6.76. The van der Waals surface area contributed by atoms with Gasteiger partial charge in [-0.15, -0.1) is 0 Å². The fourth-order valence-corrected chi connectivity index (χ4v) is 5.11. The van der Waals surface area contributed by atoms with Gasteiger partial charge in [0.25, 0.3) is 11.8 Å². The molecule has 1 aliphatic heterocycles. The van der Waals surface area contributed by atoms with Crippen molar-refractivity contribution in [3.8, 4) is 0 Å². The minimum Gasteiger partial charge on any atom is -0.351 e. The van der Waals surface area contributed by atoms with E-state index in [1.54, 1.807) is 19.1 Å². The first-order valence-corrected chi connectivity index (χ1v) is 11.6. The Morgan fingerprint density at radius 3 is 2.35 bits per heavy atom. The molecule has 2 amide bonds. The Kier molecular flexibility index (Phi) is 7.09. The van der Waals surface area contributed by atoms with Crippen molar-refractivity contribution >= 4 is 27.3 Å². The topological polar surface area (TPSA) is 102 Å². The summed E-state index contributed by atoms with van der Waals surface area (Å²) in [5, 5.41) is 2.73. The number of anilines is 1. The third-order valence-electron chi connectivity index (χ3n) is 4.90. The minimum atomic E-state index is -3.93. The van der Waals surface area contributed by atoms with Crippen LogP contribution in [0.3, 0.4) is 0 Å². The summed E-state index contributed by atoms with van der Waals surface area (Å²) in [4.78, 5) is 27.1. The number of hydrogen-bond acceptors (Lipinski definition) is 6. The lowest BCUT2D eigenvalue weighted by molar-refractivity contribution is -0.131. The Morgan fingerprint density at radius 2 is 1.71 bits per heavy atom. The molecule has 0 bridgehead atoms. The highest BCUT2D eigenvalue weighted by Gasteiger charge is 2.35. The SMILES string of the molecule is CCOC(CNC(=O)c1ccc2c(c1)N(CC)C(=O)c1ccccc1S2(=O)=O)OCC. The van der Waals surface area contributed by atoms with Gasteiger partial charge in [0.2, 0.25) is 9.84 Å². The summed E-state index contributed by atoms with van der Waals surface area (Å²) in [5.41, 5.74) is 0.531. The van der Waals surface area contributed by atoms with Crippen LogP contribution in [0.15, 0.2) is 52.3 Å². The zero-order valence-corrected chi connectivity index (χ0v) is 18.6. The Hall–Kier alpha value is -2.75. The molecule has 9 heteroatoms. The Balaban J connectivity index is 1.98. The molecule has 3 rings (SSSR count). The number of nitrogens with zero attached hydrogens (tertiary/aromatic N) is 1. The molecule has 8 nitrogen and oxygen atoms in total. The second-order valence-corrected chi connectivity index (χ2v) is 8.67. The number of ether oxygens (including phenoxy) is 2. The van der Waals surface area contributed by atoms with Gasteiger partial charge in [-0.3, -0.25) is 9.59 Å². The van der Waals surface area contributed by atoms with E-state index in [2.05, 4.69) is 5.32 Å². The summed E-state index contributed by atoms with van der Waals surface area (Å²) in [7, 11) is -3.93. The molecule has 0 atom stereocenters. The van der Waals surface area contributed by atoms with Crippen molar-refractivity contribution < 1.29 is 27.5 Å². The van der Waals surface area contributed by atoms with Crippen molar-refractivity contribution in [3.05, 3.63) is 53.6 Å². The van der Waals surface area contributed by atoms with Crippen LogP contribution < -0.4 is 10.2 Å². The lowest BCUT2D eigenvalue weighted by Gasteiger charge is -2.22. The summed E-state index contributed by atoms with van der Waals surface area (Å²) < 4.78 is 37.3. The normalized spacial score (nSPS) is 14.7. The average molecular weight is 447 g/mol. The number of hydrogen-bond donors (Lipinski definition) is 1. The maximum absolute atomic E-state index is 13.3. The second-order valence-electron chi connectivity index (χ2n) is 6.78. The van der Waals surface area contributed by atoms with E-state index in [1.807, 2.05) is 13.8 Å². The van der Waals surface area contributed by atoms with Gasteiger partial charge in [-0.1, -0.05) is 12.1 Å². The van der Waals surface area contributed by atoms with Crippen molar-refractivity contribution in [2.24, 2.45) is 0 Å². The molecule has 0 unspecified atom stereocenters. The number of fused-ring (bicyclic) bond motifs is 2. The van der Waals surface area contributed by atoms with E-state index in [0.29, 0.717) is 13.2 Å². The lowest BCUT2D eigenvalue weighted by atomic mass is 10.1. The molecule has 0 saturated carbocycles. The molecular weight excluding hydrogens is 420 g/mol. The highest BCUT2D eigenvalue weighted by molar-refractivity contribution is 7.91. The zero-order chi connectivity index (χ0) is 22.6. The summed E-state index contributed by atoms with van der Waals surface area (Å²) in [6, 6.07) is 10.4. The molecule has 1 aliphatic rings. The van der Waals surface area contributed by atoms with Crippen LogP contribution in [0.2, 0.25) is 0 Å². The molecule has 1 heterocycles. The molecule has 1 N–H and O–H groups in total. The van der Waals surface area contributed by atoms with Gasteiger partial charge in [-0.05, 0) is 51.1 Å². The monoisotopic (exact) mass is 446 g/mol. The smallest absolute Gasteiger partial charge is 0.259 e. The van der Waals surface area contributed by atoms with Crippen molar-refractivity contribution in [1.29, 1.82) is 0 Å². The van der Waals surface area contributed by atoms with Gasteiger partial charge >= 0.3 is 0 Å². The number of benzene rings is 2. The van der Waals surface area contributed by atoms with Crippen molar-refractivity contribution in [2.75, 3.05) is 31.2 Å². The number of rotatable bonds is 8. The Bertz CT molecular complexity index is 1080. The first-order chi connectivity index (χ1) is 14.8. The van der Waals surface area contributed by atoms with Gasteiger partial charge in [0.15, 0.2) is 6.29 Å². The van der Waals surface area contributed by atoms with Crippen LogP contribution in [-0.4, -0.2) is 52.8 Å². The van der Waals surface area contributed by atoms with Crippen LogP contribution in [0.5, 0.6) is 0 Å². The molecule has 31 heavy (non-hydrogen) atoms. The second kappa shape index (κ2) is 9.59. The molecule has 0 radical (unpaired) electrons. The van der Waals surface area contributed by atoms with Crippen LogP contribution in [0.4, 0.5) is 5.69 Å². The number of carbonyl (C=O) groups excluding carboxylic acids is 2. The fourth-order valence-electron chi connectivity index (χ4n) is 3.48. The van der Waals surface area contributed by atoms with E-state index in [4.69, 9.17) is 9.47 Å². The number of nitrogens with one attached hydrogen (secondary N) is 1. The van der Waals surface area contributed by atoms with Crippen LogP contribution in [0.25, 0.3) is 0 Å². The van der Waals surface area contributed by atoms with Crippen LogP contribution >= 0.6 is 0 Å². The van der Waals surface area contributed by atoms with Crippen molar-refractivity contribution in [1.82, 2.24) is 5.32 Å². The molecule has 0 fully saturated rings. The molecule has 0 aromatic heterocycles. The minimum absolute atomic E-state index is 0.00860. The predicted molar refractivity (Wildman–Crippen MR) is 115 cm³/mol. The zero-order valence-electron chi connectivity index (χ0n) is 17.8. The Labute approximate surface area is 182 Å². The van der Waals surface area contributed by atoms with Crippen LogP contribution in [0, 0.1) is 0 Å². The quantitative estimate of drug-likeness (QED) is 0.626. The summed E-state index contributed by atoms with van der Waals surface area (Å²) in [6.45, 7) is 6.67. The molecule has 0 aliphatic carbocycles. The molecule has 166 valence electrons. The largest absolute Gasteiger partial charge is 0.351 e. The van der Waals surface area contributed by atoms with E-state index in [9.17, 15) is 18.0 Å². The summed E-state index contributed by atoms with van der Waals surface area (Å²) in [5.74, 6) is -0.847. The molecule has 0 saturated heterocycles. The van der Waals surface area contributed by atoms with Gasteiger partial charge in [0, 0.05) is 25.3 Å². The average Bonchev–Trinajstić information content (AvgIpc) is 2.84. The lowest BCUT2D eigenvalue weighted by Crippen LogP contribution is -2.35. The highest BCUT2D eigenvalue weighted by Crippen LogP contribution is 2.37. The van der Waals surface area contributed by atoms with Gasteiger partial charge in [0.1, 0.15) is 0 Å². The first kappa shape index (κ1) is 22.9. The van der Waals surface area contributed by atoms with E-state index in [1.165, 1.54) is 35.2 Å². The van der Waals surface area contributed by atoms with E-state index in [0.717, 1.165) is 0 Å². The maximum atomic E-state index is 13.3. The van der Waals surface area contributed by atoms with E-state index >= 15 is 0 Å². The predicted octanol–water partition coefficient (Wildman–Crippen LogP) is 2.63. The summed E-state index contributed by atoms with van der Waals surface area (Å²) in [6.07, 6.45) is -0.580. The first-order valence-electron chi connectivity index (χ1n) is 10.2. The molecular formula is C22H26N2O6S. The van der Waals surface area contributed by atoms with Gasteiger partial charge in [0.05, 0.1) is 27.6 Å². The van der Waals surface area contributed by atoms with Crippen LogP contribution in [-0.2, 0) is 19.3 Å². The molecule has 0 spiro atoms. The number of carbonyl (C=O) groups is 2. The van der Waals surface area contributed by atoms with Gasteiger partial charge < -0.3 is 19.7 Å². The number of sulfone groups is 1.